The number of hydrogen-bond acceptors (Lipinski definition) is 5. The summed E-state index contributed by atoms with van der Waals surface area (Å²) >= 11 is 2.05. The lowest BCUT2D eigenvalue weighted by atomic mass is 10.1. The van der Waals surface area contributed by atoms with E-state index in [1.165, 1.54) is 24.3 Å². The number of nitrogens with one attached hydrogen (secondary N) is 2. The van der Waals surface area contributed by atoms with Gasteiger partial charge < -0.3 is 10.6 Å². The molecule has 2 N–H and O–H groups in total. The van der Waals surface area contributed by atoms with Crippen molar-refractivity contribution in [1.29, 1.82) is 0 Å². The molecule has 0 unspecified atom stereocenters. The summed E-state index contributed by atoms with van der Waals surface area (Å²) in [5, 5.41) is 6.95. The Morgan fingerprint density at radius 2 is 1.84 bits per heavy atom. The molecule has 0 atom stereocenters. The molecule has 2 heterocycles. The largest absolute Gasteiger partial charge is 0.370 e. The Labute approximate surface area is 120 Å². The first-order valence-corrected chi connectivity index (χ1v) is 8.35. The zero-order valence-corrected chi connectivity index (χ0v) is 12.9. The fourth-order valence-electron chi connectivity index (χ4n) is 2.24. The van der Waals surface area contributed by atoms with Gasteiger partial charge in [-0.15, -0.1) is 0 Å². The van der Waals surface area contributed by atoms with Crippen molar-refractivity contribution in [2.24, 2.45) is 0 Å². The van der Waals surface area contributed by atoms with E-state index in [1.54, 1.807) is 0 Å². The van der Waals surface area contributed by atoms with Crippen molar-refractivity contribution >= 4 is 23.4 Å². The molecule has 1 aromatic rings. The summed E-state index contributed by atoms with van der Waals surface area (Å²) in [5.41, 5.74) is 1.14. The van der Waals surface area contributed by atoms with Gasteiger partial charge in [-0.05, 0) is 38.2 Å². The third kappa shape index (κ3) is 3.75. The van der Waals surface area contributed by atoms with E-state index in [0.717, 1.165) is 36.0 Å². The quantitative estimate of drug-likeness (QED) is 0.868. The second kappa shape index (κ2) is 6.98. The molecule has 0 radical (unpaired) electrons. The predicted molar refractivity (Wildman–Crippen MR) is 84.3 cm³/mol. The van der Waals surface area contributed by atoms with Crippen LogP contribution in [0.5, 0.6) is 0 Å². The van der Waals surface area contributed by atoms with Crippen molar-refractivity contribution < 1.29 is 0 Å². The van der Waals surface area contributed by atoms with Crippen molar-refractivity contribution in [3.05, 3.63) is 11.4 Å². The van der Waals surface area contributed by atoms with Gasteiger partial charge in [0.15, 0.2) is 0 Å². The van der Waals surface area contributed by atoms with Crippen LogP contribution in [0, 0.1) is 6.92 Å². The second-order valence-corrected chi connectivity index (χ2v) is 6.10. The van der Waals surface area contributed by atoms with Crippen LogP contribution in [0.2, 0.25) is 0 Å². The van der Waals surface area contributed by atoms with E-state index < -0.39 is 0 Å². The monoisotopic (exact) mass is 280 g/mol. The van der Waals surface area contributed by atoms with Crippen LogP contribution in [0.3, 0.4) is 0 Å². The molecule has 1 saturated heterocycles. The Hall–Kier alpha value is -0.970. The van der Waals surface area contributed by atoms with Crippen LogP contribution >= 0.6 is 11.8 Å². The van der Waals surface area contributed by atoms with Crippen molar-refractivity contribution in [2.75, 3.05) is 28.7 Å². The first kappa shape index (κ1) is 14.4. The Bertz CT molecular complexity index is 416. The molecule has 0 saturated carbocycles. The van der Waals surface area contributed by atoms with Gasteiger partial charge in [0, 0.05) is 24.6 Å². The first-order valence-electron chi connectivity index (χ1n) is 7.20. The maximum atomic E-state index is 4.66. The maximum Gasteiger partial charge on any atom is 0.134 e. The highest BCUT2D eigenvalue weighted by Gasteiger charge is 2.17. The van der Waals surface area contributed by atoms with E-state index in [9.17, 15) is 0 Å². The van der Waals surface area contributed by atoms with Gasteiger partial charge in [0.2, 0.25) is 0 Å². The average Bonchev–Trinajstić information content (AvgIpc) is 2.44. The van der Waals surface area contributed by atoms with E-state index in [1.807, 2.05) is 11.8 Å². The number of aromatic nitrogens is 2. The van der Waals surface area contributed by atoms with Gasteiger partial charge >= 0.3 is 0 Å². The third-order valence-corrected chi connectivity index (χ3v) is 4.46. The minimum absolute atomic E-state index is 0.564. The Morgan fingerprint density at radius 3 is 2.47 bits per heavy atom. The van der Waals surface area contributed by atoms with Gasteiger partial charge in [0.05, 0.1) is 0 Å². The Kier molecular flexibility index (Phi) is 5.31. The molecule has 1 aliphatic heterocycles. The maximum absolute atomic E-state index is 4.66. The first-order chi connectivity index (χ1) is 9.24. The van der Waals surface area contributed by atoms with E-state index in [0.29, 0.717) is 6.04 Å². The predicted octanol–water partition coefficient (Wildman–Crippen LogP) is 3.09. The topological polar surface area (TPSA) is 49.8 Å². The lowest BCUT2D eigenvalue weighted by Crippen LogP contribution is -2.26. The standard InChI is InChI=1S/C14H24N4S/c1-4-12-17-13(15-5-2)10(3)14(18-12)16-11-6-8-19-9-7-11/h11H,4-9H2,1-3H3,(H2,15,16,17,18). The molecule has 1 aliphatic rings. The summed E-state index contributed by atoms with van der Waals surface area (Å²) in [6, 6.07) is 0.564. The van der Waals surface area contributed by atoms with Crippen LogP contribution in [-0.4, -0.2) is 34.1 Å². The van der Waals surface area contributed by atoms with Gasteiger partial charge in [0.25, 0.3) is 0 Å². The molecule has 19 heavy (non-hydrogen) atoms. The van der Waals surface area contributed by atoms with Crippen molar-refractivity contribution in [3.8, 4) is 0 Å². The Morgan fingerprint density at radius 1 is 1.16 bits per heavy atom. The molecule has 0 aliphatic carbocycles. The number of thioether (sulfide) groups is 1. The minimum atomic E-state index is 0.564. The number of rotatable bonds is 5. The van der Waals surface area contributed by atoms with Crippen LogP contribution in [0.25, 0.3) is 0 Å². The van der Waals surface area contributed by atoms with Crippen LogP contribution in [0.4, 0.5) is 11.6 Å². The molecule has 106 valence electrons. The molecule has 4 nitrogen and oxygen atoms in total. The number of anilines is 2. The molecule has 0 bridgehead atoms. The highest BCUT2D eigenvalue weighted by Crippen LogP contribution is 2.25. The molecule has 0 spiro atoms. The third-order valence-electron chi connectivity index (χ3n) is 3.41. The lowest BCUT2D eigenvalue weighted by molar-refractivity contribution is 0.661. The van der Waals surface area contributed by atoms with Gasteiger partial charge in [-0.3, -0.25) is 0 Å². The Balaban J connectivity index is 2.19. The van der Waals surface area contributed by atoms with E-state index >= 15 is 0 Å². The number of hydrogen-bond donors (Lipinski definition) is 2. The average molecular weight is 280 g/mol. The fourth-order valence-corrected chi connectivity index (χ4v) is 3.34. The van der Waals surface area contributed by atoms with Crippen LogP contribution in [0.15, 0.2) is 0 Å². The molecule has 1 fully saturated rings. The highest BCUT2D eigenvalue weighted by molar-refractivity contribution is 7.99. The minimum Gasteiger partial charge on any atom is -0.370 e. The van der Waals surface area contributed by atoms with E-state index in [2.05, 4.69) is 41.4 Å². The van der Waals surface area contributed by atoms with Gasteiger partial charge in [-0.25, -0.2) is 9.97 Å². The molecule has 0 aromatic carbocycles. The van der Waals surface area contributed by atoms with Crippen molar-refractivity contribution in [1.82, 2.24) is 9.97 Å². The summed E-state index contributed by atoms with van der Waals surface area (Å²) in [6.45, 7) is 7.18. The summed E-state index contributed by atoms with van der Waals surface area (Å²) in [4.78, 5) is 9.23. The van der Waals surface area contributed by atoms with Gasteiger partial charge in [-0.1, -0.05) is 6.92 Å². The SMILES string of the molecule is CCNc1nc(CC)nc(NC2CCSCC2)c1C. The van der Waals surface area contributed by atoms with Crippen molar-refractivity contribution in [3.63, 3.8) is 0 Å². The second-order valence-electron chi connectivity index (χ2n) is 4.88. The van der Waals surface area contributed by atoms with Crippen LogP contribution in [-0.2, 0) is 6.42 Å². The summed E-state index contributed by atoms with van der Waals surface area (Å²) in [7, 11) is 0. The summed E-state index contributed by atoms with van der Waals surface area (Å²) < 4.78 is 0. The summed E-state index contributed by atoms with van der Waals surface area (Å²) in [5.74, 6) is 5.40. The number of aryl methyl sites for hydroxylation is 1. The zero-order chi connectivity index (χ0) is 13.7. The number of nitrogens with zero attached hydrogens (tertiary/aromatic N) is 2. The highest BCUT2D eigenvalue weighted by atomic mass is 32.2. The molecule has 0 amide bonds. The van der Waals surface area contributed by atoms with E-state index in [4.69, 9.17) is 0 Å². The fraction of sp³-hybridized carbons (Fsp3) is 0.714. The van der Waals surface area contributed by atoms with Crippen LogP contribution < -0.4 is 10.6 Å². The summed E-state index contributed by atoms with van der Waals surface area (Å²) in [6.07, 6.45) is 3.33. The van der Waals surface area contributed by atoms with Crippen LogP contribution in [0.1, 0.15) is 38.1 Å². The normalized spacial score (nSPS) is 16.4. The lowest BCUT2D eigenvalue weighted by Gasteiger charge is -2.24. The molecule has 2 rings (SSSR count). The molecule has 5 heteroatoms. The molecule has 1 aromatic heterocycles. The smallest absolute Gasteiger partial charge is 0.134 e. The van der Waals surface area contributed by atoms with Gasteiger partial charge in [-0.2, -0.15) is 11.8 Å². The molecular formula is C14H24N4S. The van der Waals surface area contributed by atoms with Gasteiger partial charge in [0.1, 0.15) is 17.5 Å². The van der Waals surface area contributed by atoms with Crippen molar-refractivity contribution in [2.45, 2.75) is 46.1 Å². The van der Waals surface area contributed by atoms with E-state index in [-0.39, 0.29) is 0 Å². The molecular weight excluding hydrogens is 256 g/mol. The zero-order valence-electron chi connectivity index (χ0n) is 12.1.